The molecule has 4 aromatic rings. The van der Waals surface area contributed by atoms with Crippen LogP contribution in [0.15, 0.2) is 101 Å². The minimum Gasteiger partial charge on any atom is -0.508 e. The SMILES string of the molecule is COc1cc2c(cc1OCCCOc1cc3c(cc1OC)C(=O)N1C=C(C4CC4)CC1C=N3)N=CC1CC(c3ccc(NC(=O)C(C)NC(=O)C(NC(=O)CCOCCOCCOCCOCCOCCOCCOCCOCCNC(=O)C/C=C/c4cc(O)ccc4O)C(C)C)cc3)=CN1C2=O. The van der Waals surface area contributed by atoms with Gasteiger partial charge in [-0.05, 0) is 97.2 Å². The van der Waals surface area contributed by atoms with Crippen molar-refractivity contribution in [3.63, 3.8) is 0 Å². The van der Waals surface area contributed by atoms with Crippen molar-refractivity contribution in [3.8, 4) is 34.5 Å². The summed E-state index contributed by atoms with van der Waals surface area (Å²) in [7, 11) is 3.05. The maximum atomic E-state index is 14.1. The number of nitrogens with zero attached hydrogens (tertiary/aromatic N) is 4. The number of phenols is 2. The predicted octanol–water partition coefficient (Wildman–Crippen LogP) is 7.49. The van der Waals surface area contributed by atoms with E-state index in [9.17, 15) is 39.0 Å². The summed E-state index contributed by atoms with van der Waals surface area (Å²) in [6.07, 6.45) is 14.9. The molecule has 6 amide bonds. The normalized spacial score (nSPS) is 16.4. The van der Waals surface area contributed by atoms with Crippen LogP contribution in [-0.4, -0.2) is 232 Å². The molecule has 0 radical (unpaired) electrons. The first-order chi connectivity index (χ1) is 50.1. The molecule has 4 heterocycles. The highest BCUT2D eigenvalue weighted by atomic mass is 16.6. The van der Waals surface area contributed by atoms with E-state index in [2.05, 4.69) is 21.3 Å². The van der Waals surface area contributed by atoms with Crippen molar-refractivity contribution in [1.29, 1.82) is 0 Å². The van der Waals surface area contributed by atoms with Gasteiger partial charge in [-0.2, -0.15) is 0 Å². The van der Waals surface area contributed by atoms with Crippen molar-refractivity contribution in [1.82, 2.24) is 25.8 Å². The molecule has 4 aromatic carbocycles. The lowest BCUT2D eigenvalue weighted by molar-refractivity contribution is -0.132. The summed E-state index contributed by atoms with van der Waals surface area (Å²) in [4.78, 5) is 92.3. The Kier molecular flexibility index (Phi) is 30.7. The molecule has 4 atom stereocenters. The van der Waals surface area contributed by atoms with E-state index in [0.717, 1.165) is 17.6 Å². The Bertz CT molecular complexity index is 3670. The Labute approximate surface area is 600 Å². The quantitative estimate of drug-likeness (QED) is 0.0184. The third-order valence-corrected chi connectivity index (χ3v) is 17.2. The molecule has 0 aromatic heterocycles. The van der Waals surface area contributed by atoms with Gasteiger partial charge in [0.25, 0.3) is 11.8 Å². The molecule has 28 heteroatoms. The second kappa shape index (κ2) is 40.5. The molecule has 1 aliphatic carbocycles. The first kappa shape index (κ1) is 77.9. The van der Waals surface area contributed by atoms with E-state index in [-0.39, 0.29) is 92.4 Å². The van der Waals surface area contributed by atoms with Crippen molar-refractivity contribution in [2.75, 3.05) is 145 Å². The van der Waals surface area contributed by atoms with Crippen LogP contribution in [0.2, 0.25) is 0 Å². The monoisotopic (exact) mass is 1430 g/mol. The number of rotatable bonds is 46. The van der Waals surface area contributed by atoms with Gasteiger partial charge in [-0.15, -0.1) is 0 Å². The van der Waals surface area contributed by atoms with E-state index >= 15 is 0 Å². The van der Waals surface area contributed by atoms with Crippen LogP contribution in [0.25, 0.3) is 11.6 Å². The van der Waals surface area contributed by atoms with Crippen LogP contribution in [0.5, 0.6) is 34.5 Å². The summed E-state index contributed by atoms with van der Waals surface area (Å²) in [6.45, 7) is 11.8. The number of anilines is 1. The highest BCUT2D eigenvalue weighted by Gasteiger charge is 2.39. The fourth-order valence-electron chi connectivity index (χ4n) is 11.4. The number of amides is 6. The number of aliphatic imine (C=N–C) groups is 2. The van der Waals surface area contributed by atoms with Crippen LogP contribution in [-0.2, 0) is 57.1 Å². The number of hydrogen-bond donors (Lipinski definition) is 6. The highest BCUT2D eigenvalue weighted by Crippen LogP contribution is 2.45. The lowest BCUT2D eigenvalue weighted by atomic mass is 10.0. The van der Waals surface area contributed by atoms with Gasteiger partial charge in [0.05, 0.1) is 168 Å². The number of fused-ring (bicyclic) bond motifs is 4. The minimum atomic E-state index is -0.937. The largest absolute Gasteiger partial charge is 0.508 e. The van der Waals surface area contributed by atoms with Gasteiger partial charge in [-0.3, -0.25) is 38.8 Å². The van der Waals surface area contributed by atoms with Crippen LogP contribution in [0.3, 0.4) is 0 Å². The first-order valence-electron chi connectivity index (χ1n) is 35.0. The fraction of sp³-hybridized carbons (Fsp3) is 0.493. The predicted molar refractivity (Wildman–Crippen MR) is 383 cm³/mol. The summed E-state index contributed by atoms with van der Waals surface area (Å²) in [5, 5.41) is 30.4. The molecule has 103 heavy (non-hydrogen) atoms. The van der Waals surface area contributed by atoms with Crippen molar-refractivity contribution in [2.24, 2.45) is 21.8 Å². The maximum Gasteiger partial charge on any atom is 0.260 e. The molecular weight excluding hydrogens is 1330 g/mol. The van der Waals surface area contributed by atoms with Crippen LogP contribution in [0.1, 0.15) is 97.6 Å². The number of ether oxygens (including phenoxy) is 12. The Morgan fingerprint density at radius 3 is 1.61 bits per heavy atom. The number of hydrogen-bond acceptors (Lipinski definition) is 22. The van der Waals surface area contributed by atoms with Crippen molar-refractivity contribution >= 4 is 76.6 Å². The van der Waals surface area contributed by atoms with E-state index in [1.54, 1.807) is 85.3 Å². The molecule has 9 rings (SSSR count). The van der Waals surface area contributed by atoms with Crippen LogP contribution in [0.4, 0.5) is 17.1 Å². The number of benzene rings is 4. The zero-order valence-electron chi connectivity index (χ0n) is 59.2. The number of aromatic hydroxyl groups is 2. The zero-order chi connectivity index (χ0) is 72.9. The summed E-state index contributed by atoms with van der Waals surface area (Å²) in [5.74, 6) is 0.139. The van der Waals surface area contributed by atoms with Gasteiger partial charge < -0.3 is 98.1 Å². The average molecular weight is 1430 g/mol. The molecule has 0 bridgehead atoms. The minimum absolute atomic E-state index is 0.0147. The molecular formula is C75H96N8O20. The number of methoxy groups -OCH3 is 2. The Hall–Kier alpha value is -9.26. The smallest absolute Gasteiger partial charge is 0.260 e. The van der Waals surface area contributed by atoms with Crippen LogP contribution in [0, 0.1) is 11.8 Å². The molecule has 28 nitrogen and oxygen atoms in total. The van der Waals surface area contributed by atoms with Gasteiger partial charge in [-0.1, -0.05) is 38.1 Å². The van der Waals surface area contributed by atoms with Gasteiger partial charge in [0.15, 0.2) is 23.0 Å². The molecule has 5 aliphatic rings. The molecule has 6 N–H and O–H groups in total. The topological polar surface area (TPSA) is 333 Å². The third kappa shape index (κ3) is 23.9. The van der Waals surface area contributed by atoms with E-state index in [0.29, 0.717) is 175 Å². The molecule has 1 saturated carbocycles. The summed E-state index contributed by atoms with van der Waals surface area (Å²) in [5.41, 5.74) is 5.76. The van der Waals surface area contributed by atoms with Gasteiger partial charge in [0, 0.05) is 80.4 Å². The maximum absolute atomic E-state index is 14.1. The Balaban J connectivity index is 0.565. The lowest BCUT2D eigenvalue weighted by Crippen LogP contribution is -2.53. The van der Waals surface area contributed by atoms with Crippen molar-refractivity contribution < 1.29 is 95.8 Å². The van der Waals surface area contributed by atoms with Gasteiger partial charge in [0.2, 0.25) is 23.6 Å². The van der Waals surface area contributed by atoms with E-state index in [4.69, 9.17) is 66.8 Å². The number of phenolic OH excluding ortho intramolecular Hbond substituents is 2. The first-order valence-corrected chi connectivity index (χ1v) is 35.0. The lowest BCUT2D eigenvalue weighted by Gasteiger charge is -2.24. The standard InChI is InChI=1S/C75H96N8O20/c1-49(2)71(81-70(87)18-22-94-24-26-96-28-30-98-32-34-100-36-37-101-35-33-99-31-29-97-27-25-95-23-19-76-69(86)9-6-8-53-40-59(84)16-17-64(53)85)73(89)79-50(3)72(88)80-56-14-12-52(13-15-56)55-39-58-46-78-63-44-68(66(93-5)42-61(63)75(91)83(58)48-55)103-21-7-20-102-67-43-62-60(41-65(67)92-4)74(90)82-47-54(51-10-11-51)38-57(82)45-77-62/h6,8,12-17,40-51,57-58,71,84-85H,7,9-11,18-39H2,1-5H3,(H,76,86)(H,79,89)(H,80,88)(H,81,87)/b8-6+. The van der Waals surface area contributed by atoms with Gasteiger partial charge >= 0.3 is 0 Å². The van der Waals surface area contributed by atoms with Crippen molar-refractivity contribution in [3.05, 3.63) is 113 Å². The number of carbonyl (C=O) groups excluding carboxylic acids is 6. The fourth-order valence-corrected chi connectivity index (χ4v) is 11.4. The Morgan fingerprint density at radius 1 is 0.573 bits per heavy atom. The molecule has 0 spiro atoms. The molecule has 4 aliphatic heterocycles. The highest BCUT2D eigenvalue weighted by molar-refractivity contribution is 6.06. The molecule has 1 fully saturated rings. The number of carbonyl (C=O) groups is 6. The summed E-state index contributed by atoms with van der Waals surface area (Å²) >= 11 is 0. The summed E-state index contributed by atoms with van der Waals surface area (Å²) < 4.78 is 67.8. The van der Waals surface area contributed by atoms with Gasteiger partial charge in [-0.25, -0.2) is 0 Å². The zero-order valence-corrected chi connectivity index (χ0v) is 59.2. The average Bonchev–Trinajstić information content (AvgIpc) is 1.73. The molecule has 556 valence electrons. The van der Waals surface area contributed by atoms with Crippen LogP contribution >= 0.6 is 0 Å². The third-order valence-electron chi connectivity index (χ3n) is 17.2. The molecule has 0 saturated heterocycles. The Morgan fingerprint density at radius 2 is 1.09 bits per heavy atom. The van der Waals surface area contributed by atoms with E-state index < -0.39 is 23.9 Å². The summed E-state index contributed by atoms with van der Waals surface area (Å²) in [6, 6.07) is 15.9. The second-order valence-corrected chi connectivity index (χ2v) is 25.2. The van der Waals surface area contributed by atoms with Crippen molar-refractivity contribution in [2.45, 2.75) is 89.9 Å². The van der Waals surface area contributed by atoms with Gasteiger partial charge in [0.1, 0.15) is 23.6 Å². The second-order valence-electron chi connectivity index (χ2n) is 25.2. The van der Waals surface area contributed by atoms with E-state index in [1.165, 1.54) is 50.8 Å². The van der Waals surface area contributed by atoms with Crippen LogP contribution < -0.4 is 40.2 Å². The number of nitrogens with one attached hydrogen (secondary N) is 4. The molecule has 4 unspecified atom stereocenters. The van der Waals surface area contributed by atoms with E-state index in [1.807, 2.05) is 30.7 Å².